The maximum Gasteiger partial charge on any atom is 0.416 e. The molecule has 1 aliphatic rings. The third-order valence-corrected chi connectivity index (χ3v) is 6.08. The number of carbonyl (C=O) groups is 1. The third-order valence-electron chi connectivity index (χ3n) is 4.56. The average molecular weight is 445 g/mol. The number of halogens is 4. The van der Waals surface area contributed by atoms with Crippen molar-refractivity contribution in [1.82, 2.24) is 9.62 Å². The van der Waals surface area contributed by atoms with Crippen LogP contribution >= 0.6 is 0 Å². The van der Waals surface area contributed by atoms with Gasteiger partial charge in [-0.05, 0) is 48.9 Å². The van der Waals surface area contributed by atoms with Crippen LogP contribution in [-0.4, -0.2) is 44.9 Å². The maximum atomic E-state index is 12.9. The highest BCUT2D eigenvalue weighted by Crippen LogP contribution is 2.30. The molecule has 0 spiro atoms. The van der Waals surface area contributed by atoms with Crippen molar-refractivity contribution < 1.29 is 30.8 Å². The summed E-state index contributed by atoms with van der Waals surface area (Å²) in [5.74, 6) is -0.772. The molecule has 1 unspecified atom stereocenters. The van der Waals surface area contributed by atoms with E-state index in [2.05, 4.69) is 10.0 Å². The van der Waals surface area contributed by atoms with Crippen LogP contribution in [0.25, 0.3) is 0 Å². The zero-order valence-corrected chi connectivity index (χ0v) is 16.4. The average Bonchev–Trinajstić information content (AvgIpc) is 3.09. The molecule has 1 aliphatic heterocycles. The summed E-state index contributed by atoms with van der Waals surface area (Å²) >= 11 is 0. The first-order chi connectivity index (χ1) is 14.0. The number of amides is 1. The molecule has 3 rings (SSSR count). The first-order valence-electron chi connectivity index (χ1n) is 9.00. The summed E-state index contributed by atoms with van der Waals surface area (Å²) in [6, 6.07) is 8.25. The molecule has 0 aromatic heterocycles. The minimum absolute atomic E-state index is 0.000830. The fourth-order valence-corrected chi connectivity index (χ4v) is 4.44. The molecule has 162 valence electrons. The van der Waals surface area contributed by atoms with Gasteiger partial charge in [0, 0.05) is 24.8 Å². The van der Waals surface area contributed by atoms with Crippen molar-refractivity contribution in [2.24, 2.45) is 0 Å². The lowest BCUT2D eigenvalue weighted by atomic mass is 10.2. The summed E-state index contributed by atoms with van der Waals surface area (Å²) in [4.78, 5) is 13.4. The number of hydrogen-bond acceptors (Lipinski definition) is 4. The Morgan fingerprint density at radius 3 is 2.50 bits per heavy atom. The largest absolute Gasteiger partial charge is 0.416 e. The first kappa shape index (κ1) is 22.2. The molecule has 30 heavy (non-hydrogen) atoms. The van der Waals surface area contributed by atoms with Gasteiger partial charge in [0.2, 0.25) is 15.9 Å². The summed E-state index contributed by atoms with van der Waals surface area (Å²) < 4.78 is 78.7. The van der Waals surface area contributed by atoms with E-state index in [1.54, 1.807) is 4.90 Å². The van der Waals surface area contributed by atoms with Gasteiger partial charge < -0.3 is 5.32 Å². The number of sulfonamides is 1. The second-order valence-electron chi connectivity index (χ2n) is 6.92. The van der Waals surface area contributed by atoms with E-state index >= 15 is 0 Å². The molecule has 0 bridgehead atoms. The van der Waals surface area contributed by atoms with E-state index in [0.717, 1.165) is 18.2 Å². The zero-order chi connectivity index (χ0) is 21.9. The molecule has 0 aliphatic carbocycles. The van der Waals surface area contributed by atoms with Gasteiger partial charge in [0.15, 0.2) is 0 Å². The zero-order valence-electron chi connectivity index (χ0n) is 15.6. The molecule has 2 aromatic rings. The van der Waals surface area contributed by atoms with Crippen LogP contribution in [-0.2, 0) is 21.0 Å². The molecular weight excluding hydrogens is 426 g/mol. The Morgan fingerprint density at radius 2 is 1.83 bits per heavy atom. The highest BCUT2D eigenvalue weighted by atomic mass is 32.2. The lowest BCUT2D eigenvalue weighted by molar-refractivity contribution is -0.137. The van der Waals surface area contributed by atoms with Gasteiger partial charge in [0.1, 0.15) is 5.82 Å². The Kier molecular flexibility index (Phi) is 6.44. The van der Waals surface area contributed by atoms with E-state index in [4.69, 9.17) is 0 Å². The first-order valence-corrected chi connectivity index (χ1v) is 10.5. The topological polar surface area (TPSA) is 78.5 Å². The van der Waals surface area contributed by atoms with Crippen LogP contribution < -0.4 is 10.0 Å². The number of nitrogens with zero attached hydrogens (tertiary/aromatic N) is 1. The summed E-state index contributed by atoms with van der Waals surface area (Å²) in [5, 5.41) is 2.61. The molecule has 0 saturated carbocycles. The van der Waals surface area contributed by atoms with E-state index in [0.29, 0.717) is 24.7 Å². The number of hydrogen-bond donors (Lipinski definition) is 2. The standard InChI is InChI=1S/C19H19F4N3O3S/c20-14-4-6-15(7-5-14)24-18(27)12-26-9-8-16(11-26)25-30(28,29)17-3-1-2-13(10-17)19(21,22)23/h1-7,10,16,25H,8-9,11-12H2,(H,24,27). The van der Waals surface area contributed by atoms with Gasteiger partial charge >= 0.3 is 6.18 Å². The molecule has 1 fully saturated rings. The SMILES string of the molecule is O=C(CN1CCC(NS(=O)(=O)c2cccc(C(F)(F)F)c2)C1)Nc1ccc(F)cc1. The highest BCUT2D eigenvalue weighted by Gasteiger charge is 2.33. The minimum atomic E-state index is -4.65. The van der Waals surface area contributed by atoms with Gasteiger partial charge in [-0.2, -0.15) is 13.2 Å². The van der Waals surface area contributed by atoms with Gasteiger partial charge in [-0.25, -0.2) is 17.5 Å². The lowest BCUT2D eigenvalue weighted by Crippen LogP contribution is -2.38. The van der Waals surface area contributed by atoms with E-state index in [9.17, 15) is 30.8 Å². The number of anilines is 1. The Morgan fingerprint density at radius 1 is 1.13 bits per heavy atom. The van der Waals surface area contributed by atoms with Crippen molar-refractivity contribution in [2.75, 3.05) is 25.0 Å². The monoisotopic (exact) mass is 445 g/mol. The van der Waals surface area contributed by atoms with Gasteiger partial charge in [0.25, 0.3) is 0 Å². The third kappa shape index (κ3) is 5.77. The van der Waals surface area contributed by atoms with E-state index < -0.39 is 38.5 Å². The molecule has 2 N–H and O–H groups in total. The normalized spacial score (nSPS) is 17.8. The quantitative estimate of drug-likeness (QED) is 0.671. The molecule has 0 radical (unpaired) electrons. The molecule has 11 heteroatoms. The van der Waals surface area contributed by atoms with Crippen molar-refractivity contribution in [3.63, 3.8) is 0 Å². The molecule has 1 saturated heterocycles. The molecular formula is C19H19F4N3O3S. The van der Waals surface area contributed by atoms with Crippen molar-refractivity contribution in [1.29, 1.82) is 0 Å². The van der Waals surface area contributed by atoms with Crippen molar-refractivity contribution >= 4 is 21.6 Å². The van der Waals surface area contributed by atoms with Crippen molar-refractivity contribution in [2.45, 2.75) is 23.5 Å². The van der Waals surface area contributed by atoms with Crippen LogP contribution in [0.2, 0.25) is 0 Å². The van der Waals surface area contributed by atoms with Crippen LogP contribution in [0.1, 0.15) is 12.0 Å². The van der Waals surface area contributed by atoms with Crippen LogP contribution in [0, 0.1) is 5.82 Å². The van der Waals surface area contributed by atoms with Gasteiger partial charge in [-0.15, -0.1) is 0 Å². The van der Waals surface area contributed by atoms with Crippen LogP contribution in [0.3, 0.4) is 0 Å². The lowest BCUT2D eigenvalue weighted by Gasteiger charge is -2.17. The number of alkyl halides is 3. The number of rotatable bonds is 6. The predicted molar refractivity (Wildman–Crippen MR) is 102 cm³/mol. The molecule has 1 amide bonds. The second kappa shape index (κ2) is 8.70. The fraction of sp³-hybridized carbons (Fsp3) is 0.316. The van der Waals surface area contributed by atoms with Crippen LogP contribution in [0.5, 0.6) is 0 Å². The molecule has 1 atom stereocenters. The Bertz CT molecular complexity index is 1010. The van der Waals surface area contributed by atoms with Gasteiger partial charge in [-0.3, -0.25) is 9.69 Å². The number of carbonyl (C=O) groups excluding carboxylic acids is 1. The molecule has 6 nitrogen and oxygen atoms in total. The van der Waals surface area contributed by atoms with Crippen molar-refractivity contribution in [3.05, 3.63) is 59.9 Å². The Balaban J connectivity index is 1.56. The van der Waals surface area contributed by atoms with Crippen molar-refractivity contribution in [3.8, 4) is 0 Å². The summed E-state index contributed by atoms with van der Waals surface area (Å²) in [7, 11) is -4.14. The van der Waals surface area contributed by atoms with Crippen LogP contribution in [0.15, 0.2) is 53.4 Å². The minimum Gasteiger partial charge on any atom is -0.325 e. The maximum absolute atomic E-state index is 12.9. The number of likely N-dealkylation sites (tertiary alicyclic amines) is 1. The fourth-order valence-electron chi connectivity index (χ4n) is 3.14. The van der Waals surface area contributed by atoms with Crippen LogP contribution in [0.4, 0.5) is 23.2 Å². The van der Waals surface area contributed by atoms with E-state index in [1.165, 1.54) is 24.3 Å². The smallest absolute Gasteiger partial charge is 0.325 e. The van der Waals surface area contributed by atoms with E-state index in [1.807, 2.05) is 0 Å². The Hall–Kier alpha value is -2.50. The molecule has 2 aromatic carbocycles. The molecule has 1 heterocycles. The Labute approximate surface area is 170 Å². The summed E-state index contributed by atoms with van der Waals surface area (Å²) in [6.07, 6.45) is -4.24. The summed E-state index contributed by atoms with van der Waals surface area (Å²) in [6.45, 7) is 0.667. The summed E-state index contributed by atoms with van der Waals surface area (Å²) in [5.41, 5.74) is -0.613. The van der Waals surface area contributed by atoms with Gasteiger partial charge in [0.05, 0.1) is 17.0 Å². The number of benzene rings is 2. The van der Waals surface area contributed by atoms with Gasteiger partial charge in [-0.1, -0.05) is 6.07 Å². The second-order valence-corrected chi connectivity index (χ2v) is 8.64. The number of nitrogens with one attached hydrogen (secondary N) is 2. The van der Waals surface area contributed by atoms with E-state index in [-0.39, 0.29) is 19.0 Å². The predicted octanol–water partition coefficient (Wildman–Crippen LogP) is 2.84. The highest BCUT2D eigenvalue weighted by molar-refractivity contribution is 7.89.